The number of benzene rings is 1. The summed E-state index contributed by atoms with van der Waals surface area (Å²) in [6.07, 6.45) is 0. The summed E-state index contributed by atoms with van der Waals surface area (Å²) in [5.74, 6) is 1.88. The van der Waals surface area contributed by atoms with Crippen molar-refractivity contribution in [3.8, 4) is 0 Å². The minimum atomic E-state index is 0.491. The van der Waals surface area contributed by atoms with Gasteiger partial charge in [0.1, 0.15) is 5.52 Å². The van der Waals surface area contributed by atoms with Gasteiger partial charge in [0.2, 0.25) is 5.95 Å². The van der Waals surface area contributed by atoms with Crippen molar-refractivity contribution in [2.24, 2.45) is 5.92 Å². The molecule has 0 atom stereocenters. The summed E-state index contributed by atoms with van der Waals surface area (Å²) < 4.78 is 2.23. The Balaban J connectivity index is 2.39. The van der Waals surface area contributed by atoms with Crippen molar-refractivity contribution in [2.75, 3.05) is 17.6 Å². The lowest BCUT2D eigenvalue weighted by Crippen LogP contribution is -2.10. The first kappa shape index (κ1) is 13.7. The van der Waals surface area contributed by atoms with Crippen LogP contribution >= 0.6 is 0 Å². The summed E-state index contributed by atoms with van der Waals surface area (Å²) in [6.45, 7) is 8.19. The molecule has 5 heteroatoms. The summed E-state index contributed by atoms with van der Waals surface area (Å²) in [4.78, 5) is 9.14. The standard InChI is InChI=1S/C16H21N5/c1-4-18-16-20-13-14(21(16)9-10(2)3)11-7-5-6-8-12(11)19-15(13)17/h5-8,10H,4,9H2,1-3H3,(H2,17,19)(H,18,20). The van der Waals surface area contributed by atoms with Gasteiger partial charge in [-0.3, -0.25) is 0 Å². The zero-order chi connectivity index (χ0) is 15.0. The van der Waals surface area contributed by atoms with Crippen LogP contribution in [0, 0.1) is 5.92 Å². The van der Waals surface area contributed by atoms with Crippen molar-refractivity contribution in [3.05, 3.63) is 24.3 Å². The second-order valence-corrected chi connectivity index (χ2v) is 5.68. The maximum atomic E-state index is 6.12. The smallest absolute Gasteiger partial charge is 0.204 e. The van der Waals surface area contributed by atoms with E-state index in [1.807, 2.05) is 18.2 Å². The topological polar surface area (TPSA) is 68.8 Å². The highest BCUT2D eigenvalue weighted by Gasteiger charge is 2.17. The van der Waals surface area contributed by atoms with Gasteiger partial charge in [0.25, 0.3) is 0 Å². The fourth-order valence-electron chi connectivity index (χ4n) is 2.69. The molecule has 0 bridgehead atoms. The number of fused-ring (bicyclic) bond motifs is 3. The molecular weight excluding hydrogens is 262 g/mol. The molecule has 0 radical (unpaired) electrons. The van der Waals surface area contributed by atoms with Crippen LogP contribution in [0.25, 0.3) is 21.9 Å². The van der Waals surface area contributed by atoms with Crippen LogP contribution < -0.4 is 11.1 Å². The number of hydrogen-bond donors (Lipinski definition) is 2. The Hall–Kier alpha value is -2.30. The lowest BCUT2D eigenvalue weighted by atomic mass is 10.1. The van der Waals surface area contributed by atoms with Crippen molar-refractivity contribution in [1.29, 1.82) is 0 Å². The van der Waals surface area contributed by atoms with E-state index in [2.05, 4.69) is 46.7 Å². The number of hydrogen-bond acceptors (Lipinski definition) is 4. The summed E-state index contributed by atoms with van der Waals surface area (Å²) in [5.41, 5.74) is 8.88. The van der Waals surface area contributed by atoms with E-state index in [0.717, 1.165) is 41.0 Å². The van der Waals surface area contributed by atoms with Crippen molar-refractivity contribution in [2.45, 2.75) is 27.3 Å². The molecule has 0 saturated carbocycles. The average molecular weight is 283 g/mol. The van der Waals surface area contributed by atoms with E-state index in [4.69, 9.17) is 5.73 Å². The van der Waals surface area contributed by atoms with Crippen LogP contribution in [0.2, 0.25) is 0 Å². The number of para-hydroxylation sites is 1. The number of nitrogens with one attached hydrogen (secondary N) is 1. The fraction of sp³-hybridized carbons (Fsp3) is 0.375. The van der Waals surface area contributed by atoms with Crippen LogP contribution in [0.3, 0.4) is 0 Å². The van der Waals surface area contributed by atoms with E-state index >= 15 is 0 Å². The van der Waals surface area contributed by atoms with Crippen molar-refractivity contribution >= 4 is 33.7 Å². The van der Waals surface area contributed by atoms with Gasteiger partial charge in [0, 0.05) is 18.5 Å². The van der Waals surface area contributed by atoms with Crippen LogP contribution in [0.1, 0.15) is 20.8 Å². The van der Waals surface area contributed by atoms with Gasteiger partial charge < -0.3 is 15.6 Å². The Labute approximate surface area is 124 Å². The summed E-state index contributed by atoms with van der Waals surface area (Å²) in [5, 5.41) is 4.43. The molecule has 21 heavy (non-hydrogen) atoms. The van der Waals surface area contributed by atoms with E-state index in [-0.39, 0.29) is 0 Å². The quantitative estimate of drug-likeness (QED) is 0.771. The Morgan fingerprint density at radius 2 is 2.00 bits per heavy atom. The first-order valence-electron chi connectivity index (χ1n) is 7.40. The van der Waals surface area contributed by atoms with Crippen LogP contribution in [0.15, 0.2) is 24.3 Å². The second kappa shape index (κ2) is 5.24. The van der Waals surface area contributed by atoms with E-state index in [1.165, 1.54) is 0 Å². The normalized spacial score (nSPS) is 11.6. The van der Waals surface area contributed by atoms with Gasteiger partial charge in [0.05, 0.1) is 11.0 Å². The summed E-state index contributed by atoms with van der Waals surface area (Å²) >= 11 is 0. The third-order valence-electron chi connectivity index (χ3n) is 3.49. The van der Waals surface area contributed by atoms with Crippen LogP contribution in [0.5, 0.6) is 0 Å². The predicted octanol–water partition coefficient (Wildman–Crippen LogP) is 3.25. The molecule has 0 fully saturated rings. The van der Waals surface area contributed by atoms with Crippen molar-refractivity contribution in [3.63, 3.8) is 0 Å². The molecule has 2 aromatic heterocycles. The van der Waals surface area contributed by atoms with E-state index < -0.39 is 0 Å². The van der Waals surface area contributed by atoms with Crippen molar-refractivity contribution < 1.29 is 0 Å². The molecule has 1 aromatic carbocycles. The highest BCUT2D eigenvalue weighted by molar-refractivity contribution is 6.07. The maximum Gasteiger partial charge on any atom is 0.204 e. The molecule has 0 spiro atoms. The van der Waals surface area contributed by atoms with Gasteiger partial charge in [0.15, 0.2) is 5.82 Å². The SMILES string of the molecule is CCNc1nc2c(N)nc3ccccc3c2n1CC(C)C. The van der Waals surface area contributed by atoms with E-state index in [0.29, 0.717) is 11.7 Å². The molecule has 0 aliphatic rings. The largest absolute Gasteiger partial charge is 0.382 e. The van der Waals surface area contributed by atoms with Gasteiger partial charge in [-0.2, -0.15) is 0 Å². The third kappa shape index (κ3) is 2.28. The number of nitrogen functional groups attached to an aromatic ring is 1. The Morgan fingerprint density at radius 1 is 1.24 bits per heavy atom. The van der Waals surface area contributed by atoms with Gasteiger partial charge >= 0.3 is 0 Å². The summed E-state index contributed by atoms with van der Waals surface area (Å²) in [7, 11) is 0. The lowest BCUT2D eigenvalue weighted by Gasteiger charge is -2.13. The maximum absolute atomic E-state index is 6.12. The monoisotopic (exact) mass is 283 g/mol. The number of nitrogens with two attached hydrogens (primary N) is 1. The molecule has 0 amide bonds. The molecule has 2 heterocycles. The minimum Gasteiger partial charge on any atom is -0.382 e. The number of imidazole rings is 1. The minimum absolute atomic E-state index is 0.491. The molecule has 5 nitrogen and oxygen atoms in total. The first-order chi connectivity index (χ1) is 10.1. The highest BCUT2D eigenvalue weighted by Crippen LogP contribution is 2.30. The zero-order valence-electron chi connectivity index (χ0n) is 12.7. The summed E-state index contributed by atoms with van der Waals surface area (Å²) in [6, 6.07) is 8.08. The van der Waals surface area contributed by atoms with Gasteiger partial charge in [-0.25, -0.2) is 9.97 Å². The molecule has 3 aromatic rings. The number of nitrogens with zero attached hydrogens (tertiary/aromatic N) is 3. The Morgan fingerprint density at radius 3 is 2.71 bits per heavy atom. The van der Waals surface area contributed by atoms with Crippen LogP contribution in [0.4, 0.5) is 11.8 Å². The molecule has 110 valence electrons. The number of rotatable bonds is 4. The third-order valence-corrected chi connectivity index (χ3v) is 3.49. The van der Waals surface area contributed by atoms with E-state index in [1.54, 1.807) is 0 Å². The molecule has 0 unspecified atom stereocenters. The first-order valence-corrected chi connectivity index (χ1v) is 7.40. The lowest BCUT2D eigenvalue weighted by molar-refractivity contribution is 0.537. The predicted molar refractivity (Wildman–Crippen MR) is 88.4 cm³/mol. The molecule has 0 saturated heterocycles. The average Bonchev–Trinajstić information content (AvgIpc) is 2.79. The van der Waals surface area contributed by atoms with Crippen molar-refractivity contribution in [1.82, 2.24) is 14.5 Å². The highest BCUT2D eigenvalue weighted by atomic mass is 15.2. The molecule has 3 rings (SSSR count). The molecule has 0 aliphatic carbocycles. The van der Waals surface area contributed by atoms with Gasteiger partial charge in [-0.1, -0.05) is 32.0 Å². The van der Waals surface area contributed by atoms with Gasteiger partial charge in [-0.15, -0.1) is 0 Å². The fourth-order valence-corrected chi connectivity index (χ4v) is 2.69. The number of aromatic nitrogens is 3. The number of pyridine rings is 1. The second-order valence-electron chi connectivity index (χ2n) is 5.68. The zero-order valence-corrected chi connectivity index (χ0v) is 12.7. The Bertz CT molecular complexity index is 788. The molecule has 0 aliphatic heterocycles. The van der Waals surface area contributed by atoms with Gasteiger partial charge in [-0.05, 0) is 18.9 Å². The van der Waals surface area contributed by atoms with Crippen LogP contribution in [-0.4, -0.2) is 21.1 Å². The Kier molecular flexibility index (Phi) is 3.41. The number of anilines is 2. The van der Waals surface area contributed by atoms with Crippen LogP contribution in [-0.2, 0) is 6.54 Å². The molecular formula is C16H21N5. The van der Waals surface area contributed by atoms with E-state index in [9.17, 15) is 0 Å². The molecule has 3 N–H and O–H groups in total.